The number of sulfonamides is 1. The number of anilines is 3. The number of benzene rings is 2. The molecule has 0 aromatic heterocycles. The standard InChI is InChI=1S/C18H18N4O4S/c1-13(23)20-16-3-2-4-17(11-16)22-27(25,26)10-9-18(24)21-15-7-5-14(12-19)6-8-15/h2-8,11,22H,9-10H2,1H3,(H,20,23)(H,21,24). The third kappa shape index (κ3) is 6.80. The summed E-state index contributed by atoms with van der Waals surface area (Å²) in [6.45, 7) is 1.35. The quantitative estimate of drug-likeness (QED) is 0.672. The molecule has 8 nitrogen and oxygen atoms in total. The lowest BCUT2D eigenvalue weighted by Crippen LogP contribution is -2.22. The van der Waals surface area contributed by atoms with Gasteiger partial charge in [0.1, 0.15) is 0 Å². The number of nitrogens with zero attached hydrogens (tertiary/aromatic N) is 1. The van der Waals surface area contributed by atoms with Gasteiger partial charge in [0.2, 0.25) is 21.8 Å². The highest BCUT2D eigenvalue weighted by molar-refractivity contribution is 7.92. The van der Waals surface area contributed by atoms with Gasteiger partial charge in [-0.15, -0.1) is 0 Å². The van der Waals surface area contributed by atoms with Crippen LogP contribution < -0.4 is 15.4 Å². The summed E-state index contributed by atoms with van der Waals surface area (Å²) in [7, 11) is -3.74. The van der Waals surface area contributed by atoms with E-state index in [9.17, 15) is 18.0 Å². The number of hydrogen-bond acceptors (Lipinski definition) is 5. The van der Waals surface area contributed by atoms with Gasteiger partial charge in [-0.2, -0.15) is 5.26 Å². The Hall–Kier alpha value is -3.38. The first kappa shape index (κ1) is 19.9. The second kappa shape index (κ2) is 8.82. The molecule has 0 saturated heterocycles. The summed E-state index contributed by atoms with van der Waals surface area (Å²) in [4.78, 5) is 23.0. The predicted molar refractivity (Wildman–Crippen MR) is 103 cm³/mol. The fourth-order valence-electron chi connectivity index (χ4n) is 2.17. The topological polar surface area (TPSA) is 128 Å². The molecule has 0 unspecified atom stereocenters. The van der Waals surface area contributed by atoms with Crippen molar-refractivity contribution < 1.29 is 18.0 Å². The lowest BCUT2D eigenvalue weighted by Gasteiger charge is -2.10. The molecule has 0 aliphatic heterocycles. The molecular weight excluding hydrogens is 368 g/mol. The highest BCUT2D eigenvalue weighted by atomic mass is 32.2. The lowest BCUT2D eigenvalue weighted by molar-refractivity contribution is -0.116. The van der Waals surface area contributed by atoms with E-state index in [1.165, 1.54) is 13.0 Å². The maximum Gasteiger partial charge on any atom is 0.233 e. The third-order valence-corrected chi connectivity index (χ3v) is 4.64. The van der Waals surface area contributed by atoms with Crippen LogP contribution in [0.1, 0.15) is 18.9 Å². The number of nitriles is 1. The Balaban J connectivity index is 1.91. The van der Waals surface area contributed by atoms with Crippen molar-refractivity contribution in [3.05, 3.63) is 54.1 Å². The van der Waals surface area contributed by atoms with Gasteiger partial charge < -0.3 is 10.6 Å². The number of amides is 2. The molecule has 0 fully saturated rings. The Morgan fingerprint density at radius 3 is 2.30 bits per heavy atom. The Morgan fingerprint density at radius 2 is 1.67 bits per heavy atom. The van der Waals surface area contributed by atoms with E-state index >= 15 is 0 Å². The molecule has 27 heavy (non-hydrogen) atoms. The van der Waals surface area contributed by atoms with Gasteiger partial charge in [-0.3, -0.25) is 14.3 Å². The van der Waals surface area contributed by atoms with Crippen LogP contribution in [-0.4, -0.2) is 26.0 Å². The normalized spacial score (nSPS) is 10.5. The summed E-state index contributed by atoms with van der Waals surface area (Å²) in [6, 6.07) is 14.5. The van der Waals surface area contributed by atoms with E-state index in [1.54, 1.807) is 42.5 Å². The zero-order valence-electron chi connectivity index (χ0n) is 14.5. The van der Waals surface area contributed by atoms with Gasteiger partial charge in [0.05, 0.1) is 23.1 Å². The molecule has 0 aliphatic carbocycles. The minimum Gasteiger partial charge on any atom is -0.326 e. The van der Waals surface area contributed by atoms with Gasteiger partial charge in [-0.05, 0) is 42.5 Å². The van der Waals surface area contributed by atoms with Crippen molar-refractivity contribution >= 4 is 38.9 Å². The molecule has 140 valence electrons. The van der Waals surface area contributed by atoms with Crippen molar-refractivity contribution in [2.45, 2.75) is 13.3 Å². The second-order valence-corrected chi connectivity index (χ2v) is 7.51. The van der Waals surface area contributed by atoms with Crippen molar-refractivity contribution in [1.29, 1.82) is 5.26 Å². The van der Waals surface area contributed by atoms with E-state index in [0.29, 0.717) is 16.9 Å². The number of rotatable bonds is 7. The fraction of sp³-hybridized carbons (Fsp3) is 0.167. The summed E-state index contributed by atoms with van der Waals surface area (Å²) in [6.07, 6.45) is -0.235. The highest BCUT2D eigenvalue weighted by Gasteiger charge is 2.14. The summed E-state index contributed by atoms with van der Waals surface area (Å²) < 4.78 is 26.7. The van der Waals surface area contributed by atoms with Crippen molar-refractivity contribution in [3.8, 4) is 6.07 Å². The molecule has 0 aliphatic rings. The van der Waals surface area contributed by atoms with Crippen LogP contribution in [0.4, 0.5) is 17.1 Å². The SMILES string of the molecule is CC(=O)Nc1cccc(NS(=O)(=O)CCC(=O)Nc2ccc(C#N)cc2)c1. The predicted octanol–water partition coefficient (Wildman–Crippen LogP) is 2.29. The molecule has 0 saturated carbocycles. The fourth-order valence-corrected chi connectivity index (χ4v) is 3.22. The van der Waals surface area contributed by atoms with Gasteiger partial charge in [0.15, 0.2) is 0 Å². The monoisotopic (exact) mass is 386 g/mol. The molecular formula is C18H18N4O4S. The Morgan fingerprint density at radius 1 is 1.00 bits per heavy atom. The Bertz CT molecular complexity index is 979. The third-order valence-electron chi connectivity index (χ3n) is 3.35. The Kier molecular flexibility index (Phi) is 6.51. The van der Waals surface area contributed by atoms with Gasteiger partial charge in [0, 0.05) is 24.7 Å². The minimum absolute atomic E-state index is 0.235. The van der Waals surface area contributed by atoms with Crippen LogP contribution in [0.5, 0.6) is 0 Å². The van der Waals surface area contributed by atoms with Crippen LogP contribution in [0.2, 0.25) is 0 Å². The molecule has 2 aromatic carbocycles. The zero-order valence-corrected chi connectivity index (χ0v) is 15.3. The van der Waals surface area contributed by atoms with E-state index in [-0.39, 0.29) is 18.0 Å². The second-order valence-electron chi connectivity index (χ2n) is 5.67. The smallest absolute Gasteiger partial charge is 0.233 e. The van der Waals surface area contributed by atoms with E-state index in [1.807, 2.05) is 6.07 Å². The maximum absolute atomic E-state index is 12.2. The van der Waals surface area contributed by atoms with Crippen molar-refractivity contribution in [3.63, 3.8) is 0 Å². The van der Waals surface area contributed by atoms with Gasteiger partial charge in [-0.25, -0.2) is 8.42 Å². The first-order valence-corrected chi connectivity index (χ1v) is 9.61. The van der Waals surface area contributed by atoms with E-state index < -0.39 is 21.7 Å². The van der Waals surface area contributed by atoms with Crippen molar-refractivity contribution in [1.82, 2.24) is 0 Å². The summed E-state index contributed by atoms with van der Waals surface area (Å²) in [5.41, 5.74) is 1.68. The zero-order chi connectivity index (χ0) is 19.9. The van der Waals surface area contributed by atoms with Crippen LogP contribution in [0.15, 0.2) is 48.5 Å². The van der Waals surface area contributed by atoms with Crippen molar-refractivity contribution in [2.24, 2.45) is 0 Å². The molecule has 2 amide bonds. The number of carbonyl (C=O) groups is 2. The molecule has 3 N–H and O–H groups in total. The van der Waals surface area contributed by atoms with Crippen LogP contribution in [0.25, 0.3) is 0 Å². The molecule has 2 rings (SSSR count). The summed E-state index contributed by atoms with van der Waals surface area (Å²) in [5, 5.41) is 13.9. The number of nitrogens with one attached hydrogen (secondary N) is 3. The average Bonchev–Trinajstić information content (AvgIpc) is 2.60. The van der Waals surface area contributed by atoms with E-state index in [2.05, 4.69) is 15.4 Å². The first-order valence-electron chi connectivity index (χ1n) is 7.95. The van der Waals surface area contributed by atoms with Gasteiger partial charge in [0.25, 0.3) is 0 Å². The minimum atomic E-state index is -3.74. The first-order chi connectivity index (χ1) is 12.8. The molecule has 0 heterocycles. The largest absolute Gasteiger partial charge is 0.326 e. The molecule has 9 heteroatoms. The number of hydrogen-bond donors (Lipinski definition) is 3. The maximum atomic E-state index is 12.2. The van der Waals surface area contributed by atoms with Crippen LogP contribution in [0, 0.1) is 11.3 Å². The highest BCUT2D eigenvalue weighted by Crippen LogP contribution is 2.17. The van der Waals surface area contributed by atoms with Crippen LogP contribution in [0.3, 0.4) is 0 Å². The molecule has 0 atom stereocenters. The molecule has 2 aromatic rings. The lowest BCUT2D eigenvalue weighted by atomic mass is 10.2. The molecule has 0 radical (unpaired) electrons. The van der Waals surface area contributed by atoms with Crippen LogP contribution >= 0.6 is 0 Å². The number of carbonyl (C=O) groups excluding carboxylic acids is 2. The summed E-state index contributed by atoms with van der Waals surface area (Å²) >= 11 is 0. The van der Waals surface area contributed by atoms with Gasteiger partial charge >= 0.3 is 0 Å². The van der Waals surface area contributed by atoms with Crippen LogP contribution in [-0.2, 0) is 19.6 Å². The molecule has 0 spiro atoms. The molecule has 0 bridgehead atoms. The van der Waals surface area contributed by atoms with E-state index in [0.717, 1.165) is 0 Å². The average molecular weight is 386 g/mol. The van der Waals surface area contributed by atoms with Gasteiger partial charge in [-0.1, -0.05) is 6.07 Å². The summed E-state index contributed by atoms with van der Waals surface area (Å²) in [5.74, 6) is -1.13. The van der Waals surface area contributed by atoms with E-state index in [4.69, 9.17) is 5.26 Å². The Labute approximate surface area is 157 Å². The van der Waals surface area contributed by atoms with Crippen molar-refractivity contribution in [2.75, 3.05) is 21.1 Å².